The minimum Gasteiger partial charge on any atom is -0.465 e. The van der Waals surface area contributed by atoms with Gasteiger partial charge >= 0.3 is 12.1 Å². The van der Waals surface area contributed by atoms with Crippen LogP contribution >= 0.6 is 0 Å². The summed E-state index contributed by atoms with van der Waals surface area (Å²) in [7, 11) is 1.93. The van der Waals surface area contributed by atoms with Gasteiger partial charge in [0.25, 0.3) is 12.3 Å². The highest BCUT2D eigenvalue weighted by molar-refractivity contribution is 6.07. The zero-order valence-electron chi connectivity index (χ0n) is 13.7. The van der Waals surface area contributed by atoms with Crippen molar-refractivity contribution in [2.45, 2.75) is 32.5 Å². The number of carbonyl (C=O) groups excluding carboxylic acids is 2. The van der Waals surface area contributed by atoms with Crippen LogP contribution in [0, 0.1) is 0 Å². The molecule has 0 aliphatic carbocycles. The van der Waals surface area contributed by atoms with Gasteiger partial charge in [-0.15, -0.1) is 0 Å². The van der Waals surface area contributed by atoms with Gasteiger partial charge in [-0.05, 0) is 13.8 Å². The van der Waals surface area contributed by atoms with E-state index in [1.807, 2.05) is 5.32 Å². The van der Waals surface area contributed by atoms with E-state index >= 15 is 0 Å². The molecule has 0 spiro atoms. The van der Waals surface area contributed by atoms with Crippen LogP contribution < -0.4 is 10.6 Å². The molecule has 11 heteroatoms. The molecule has 0 aliphatic rings. The van der Waals surface area contributed by atoms with Crippen LogP contribution in [0.3, 0.4) is 0 Å². The first-order valence-electron chi connectivity index (χ1n) is 6.95. The summed E-state index contributed by atoms with van der Waals surface area (Å²) in [6.07, 6.45) is -8.70. The Bertz CT molecular complexity index is 675. The number of nitrogens with zero attached hydrogens (tertiary/aromatic N) is 1. The fraction of sp³-hybridized carbons (Fsp3) is 0.500. The molecule has 0 aliphatic heterocycles. The Morgan fingerprint density at radius 2 is 1.72 bits per heavy atom. The number of halogens is 5. The van der Waals surface area contributed by atoms with Crippen LogP contribution in [-0.4, -0.2) is 37.1 Å². The van der Waals surface area contributed by atoms with Crippen molar-refractivity contribution in [3.8, 4) is 0 Å². The molecule has 6 nitrogen and oxygen atoms in total. The molecule has 0 atom stereocenters. The second-order valence-electron chi connectivity index (χ2n) is 5.14. The van der Waals surface area contributed by atoms with Gasteiger partial charge in [0.2, 0.25) is 0 Å². The number of aromatic nitrogens is 1. The molecule has 1 heterocycles. The van der Waals surface area contributed by atoms with Gasteiger partial charge in [0.15, 0.2) is 5.69 Å². The maximum absolute atomic E-state index is 13.3. The lowest BCUT2D eigenvalue weighted by Crippen LogP contribution is -2.30. The molecule has 140 valence electrons. The summed E-state index contributed by atoms with van der Waals surface area (Å²) < 4.78 is 70.8. The number of alkyl halides is 5. The van der Waals surface area contributed by atoms with Crippen LogP contribution in [0.15, 0.2) is 0 Å². The summed E-state index contributed by atoms with van der Waals surface area (Å²) >= 11 is 0. The second-order valence-corrected chi connectivity index (χ2v) is 5.14. The Morgan fingerprint density at radius 3 is 2.08 bits per heavy atom. The van der Waals surface area contributed by atoms with Gasteiger partial charge in [-0.25, -0.2) is 18.6 Å². The van der Waals surface area contributed by atoms with E-state index in [4.69, 9.17) is 0 Å². The molecule has 0 aromatic carbocycles. The van der Waals surface area contributed by atoms with Gasteiger partial charge in [-0.2, -0.15) is 13.2 Å². The SMILES string of the molecule is CNC(=O)c1c(C(F)(F)F)nc(C(F)F)c(C(=O)OC)c1NC(C)C. The molecule has 2 N–H and O–H groups in total. The Morgan fingerprint density at radius 1 is 1.16 bits per heavy atom. The fourth-order valence-corrected chi connectivity index (χ4v) is 2.05. The van der Waals surface area contributed by atoms with Crippen molar-refractivity contribution in [2.75, 3.05) is 19.5 Å². The van der Waals surface area contributed by atoms with Gasteiger partial charge in [-0.1, -0.05) is 0 Å². The van der Waals surface area contributed by atoms with Crippen molar-refractivity contribution in [2.24, 2.45) is 0 Å². The predicted octanol–water partition coefficient (Wildman–Crippen LogP) is 3.00. The molecule has 1 rings (SSSR count). The van der Waals surface area contributed by atoms with E-state index in [-0.39, 0.29) is 0 Å². The van der Waals surface area contributed by atoms with E-state index in [9.17, 15) is 31.5 Å². The highest BCUT2D eigenvalue weighted by Crippen LogP contribution is 2.39. The van der Waals surface area contributed by atoms with Crippen molar-refractivity contribution in [1.29, 1.82) is 0 Å². The van der Waals surface area contributed by atoms with Crippen LogP contribution in [0.4, 0.5) is 27.6 Å². The molecule has 0 bridgehead atoms. The van der Waals surface area contributed by atoms with E-state index < -0.39 is 58.7 Å². The number of rotatable bonds is 5. The molecule has 0 saturated carbocycles. The summed E-state index contributed by atoms with van der Waals surface area (Å²) in [6, 6.07) is -0.583. The third-order valence-electron chi connectivity index (χ3n) is 2.98. The van der Waals surface area contributed by atoms with Gasteiger partial charge in [0.1, 0.15) is 11.3 Å². The van der Waals surface area contributed by atoms with E-state index in [1.165, 1.54) is 13.8 Å². The largest absolute Gasteiger partial charge is 0.465 e. The number of methoxy groups -OCH3 is 1. The van der Waals surface area contributed by atoms with Crippen LogP contribution in [-0.2, 0) is 10.9 Å². The van der Waals surface area contributed by atoms with Crippen LogP contribution in [0.25, 0.3) is 0 Å². The zero-order valence-corrected chi connectivity index (χ0v) is 13.7. The van der Waals surface area contributed by atoms with Gasteiger partial charge < -0.3 is 15.4 Å². The summed E-state index contributed by atoms with van der Waals surface area (Å²) in [6.45, 7) is 2.98. The molecule has 0 saturated heterocycles. The van der Waals surface area contributed by atoms with Crippen molar-refractivity contribution in [3.63, 3.8) is 0 Å². The van der Waals surface area contributed by atoms with Crippen molar-refractivity contribution in [1.82, 2.24) is 10.3 Å². The summed E-state index contributed by atoms with van der Waals surface area (Å²) in [5.74, 6) is -2.58. The minimum atomic E-state index is -5.20. The lowest BCUT2D eigenvalue weighted by Gasteiger charge is -2.22. The van der Waals surface area contributed by atoms with E-state index in [0.29, 0.717) is 0 Å². The van der Waals surface area contributed by atoms with E-state index in [1.54, 1.807) is 0 Å². The number of carbonyl (C=O) groups is 2. The van der Waals surface area contributed by atoms with Gasteiger partial charge in [0, 0.05) is 13.1 Å². The predicted molar refractivity (Wildman–Crippen MR) is 77.7 cm³/mol. The van der Waals surface area contributed by atoms with Gasteiger partial charge in [-0.3, -0.25) is 4.79 Å². The number of hydrogen-bond acceptors (Lipinski definition) is 5. The Balaban J connectivity index is 4.05. The lowest BCUT2D eigenvalue weighted by molar-refractivity contribution is -0.141. The van der Waals surface area contributed by atoms with Crippen LogP contribution in [0.2, 0.25) is 0 Å². The molecule has 1 aromatic heterocycles. The molecule has 0 radical (unpaired) electrons. The smallest absolute Gasteiger partial charge is 0.434 e. The fourth-order valence-electron chi connectivity index (χ4n) is 2.05. The molecule has 25 heavy (non-hydrogen) atoms. The highest BCUT2D eigenvalue weighted by atomic mass is 19.4. The molecule has 0 unspecified atom stereocenters. The maximum Gasteiger partial charge on any atom is 0.434 e. The Kier molecular flexibility index (Phi) is 6.27. The Hall–Kier alpha value is -2.46. The van der Waals surface area contributed by atoms with Crippen molar-refractivity contribution < 1.29 is 36.3 Å². The maximum atomic E-state index is 13.3. The number of nitrogens with one attached hydrogen (secondary N) is 2. The number of esters is 1. The summed E-state index contributed by atoms with van der Waals surface area (Å²) in [4.78, 5) is 26.8. The van der Waals surface area contributed by atoms with E-state index in [0.717, 1.165) is 14.2 Å². The molecule has 1 amide bonds. The number of amides is 1. The lowest BCUT2D eigenvalue weighted by atomic mass is 10.0. The third-order valence-corrected chi connectivity index (χ3v) is 2.98. The first-order chi connectivity index (χ1) is 11.4. The number of anilines is 1. The average Bonchev–Trinajstić information content (AvgIpc) is 2.50. The van der Waals surface area contributed by atoms with Crippen molar-refractivity contribution in [3.05, 3.63) is 22.5 Å². The Labute approximate surface area is 139 Å². The summed E-state index contributed by atoms with van der Waals surface area (Å²) in [5, 5.41) is 4.43. The third kappa shape index (κ3) is 4.34. The number of pyridine rings is 1. The monoisotopic (exact) mass is 369 g/mol. The van der Waals surface area contributed by atoms with Crippen LogP contribution in [0.5, 0.6) is 0 Å². The molecular weight excluding hydrogens is 353 g/mol. The zero-order chi connectivity index (χ0) is 19.5. The molecule has 1 aromatic rings. The average molecular weight is 369 g/mol. The normalized spacial score (nSPS) is 11.6. The van der Waals surface area contributed by atoms with E-state index in [2.05, 4.69) is 15.0 Å². The number of ether oxygens (including phenoxy) is 1. The first-order valence-corrected chi connectivity index (χ1v) is 6.95. The first kappa shape index (κ1) is 20.6. The summed E-state index contributed by atoms with van der Waals surface area (Å²) in [5.41, 5.74) is -5.93. The highest BCUT2D eigenvalue weighted by Gasteiger charge is 2.42. The minimum absolute atomic E-state index is 0.583. The van der Waals surface area contributed by atoms with Crippen LogP contribution in [0.1, 0.15) is 52.4 Å². The topological polar surface area (TPSA) is 80.3 Å². The van der Waals surface area contributed by atoms with Gasteiger partial charge in [0.05, 0.1) is 18.4 Å². The van der Waals surface area contributed by atoms with Crippen molar-refractivity contribution >= 4 is 17.6 Å². The number of hydrogen-bond donors (Lipinski definition) is 2. The quantitative estimate of drug-likeness (QED) is 0.616. The standard InChI is InChI=1S/C14H16F5N3O3/c1-5(2)21-8-6(13(24)25-4)9(11(15)16)22-10(14(17,18)19)7(8)12(23)20-3/h5,11H,1-4H3,(H,20,23)(H,21,22). The second kappa shape index (κ2) is 7.62. The molecule has 0 fully saturated rings. The molecular formula is C14H16F5N3O3.